The van der Waals surface area contributed by atoms with Gasteiger partial charge in [-0.15, -0.1) is 25.6 Å². The van der Waals surface area contributed by atoms with Crippen molar-refractivity contribution in [3.05, 3.63) is 29.3 Å². The zero-order chi connectivity index (χ0) is 16.4. The third-order valence-corrected chi connectivity index (χ3v) is 4.20. The fourth-order valence-corrected chi connectivity index (χ4v) is 2.84. The van der Waals surface area contributed by atoms with Crippen LogP contribution in [-0.4, -0.2) is 31.4 Å². The van der Waals surface area contributed by atoms with Crippen LogP contribution in [0.2, 0.25) is 0 Å². The molecule has 1 amide bonds. The molecule has 2 N–H and O–H groups in total. The first-order chi connectivity index (χ1) is 10.9. The summed E-state index contributed by atoms with van der Waals surface area (Å²) in [5.74, 6) is -0.734. The van der Waals surface area contributed by atoms with E-state index in [4.69, 9.17) is 0 Å². The topological polar surface area (TPSA) is 50.4 Å². The van der Waals surface area contributed by atoms with Gasteiger partial charge in [-0.3, -0.25) is 4.79 Å². The van der Waals surface area contributed by atoms with E-state index < -0.39 is 18.0 Å². The molecule has 0 unspecified atom stereocenters. The maximum atomic E-state index is 12.7. The molecule has 1 aromatic carbocycles. The number of hydrogen-bond donors (Lipinski definition) is 2. The van der Waals surface area contributed by atoms with Crippen molar-refractivity contribution in [1.29, 1.82) is 0 Å². The first-order valence-corrected chi connectivity index (χ1v) is 7.83. The Hall–Kier alpha value is -1.47. The second-order valence-corrected chi connectivity index (χ2v) is 6.08. The third-order valence-electron chi connectivity index (χ3n) is 4.20. The Morgan fingerprint density at radius 2 is 1.83 bits per heavy atom. The summed E-state index contributed by atoms with van der Waals surface area (Å²) in [5, 5.41) is 5.92. The molecule has 1 aliphatic heterocycles. The monoisotopic (exact) mass is 364 g/mol. The number of carbonyl (C=O) groups excluding carboxylic acids is 1. The van der Waals surface area contributed by atoms with E-state index in [2.05, 4.69) is 15.4 Å². The van der Waals surface area contributed by atoms with Crippen molar-refractivity contribution in [3.63, 3.8) is 0 Å². The number of benzene rings is 1. The lowest BCUT2D eigenvalue weighted by Crippen LogP contribution is -2.28. The molecule has 1 heterocycles. The average molecular weight is 365 g/mol. The van der Waals surface area contributed by atoms with Crippen LogP contribution in [0.1, 0.15) is 47.5 Å². The highest BCUT2D eigenvalue weighted by atomic mass is 35.5. The first kappa shape index (κ1) is 18.9. The highest BCUT2D eigenvalue weighted by molar-refractivity contribution is 5.97. The number of alkyl halides is 3. The van der Waals surface area contributed by atoms with Crippen molar-refractivity contribution in [1.82, 2.24) is 10.6 Å². The van der Waals surface area contributed by atoms with Crippen molar-refractivity contribution >= 4 is 18.3 Å². The summed E-state index contributed by atoms with van der Waals surface area (Å²) in [4.78, 5) is 12.1. The van der Waals surface area contributed by atoms with Gasteiger partial charge in [-0.2, -0.15) is 0 Å². The number of carbonyl (C=O) groups is 1. The summed E-state index contributed by atoms with van der Waals surface area (Å²) in [6.45, 7) is 1.67. The van der Waals surface area contributed by atoms with Gasteiger partial charge in [0.2, 0.25) is 0 Å². The van der Waals surface area contributed by atoms with Crippen LogP contribution in [-0.2, 0) is 0 Å². The molecular formula is C16H20ClF3N2O2. The van der Waals surface area contributed by atoms with Gasteiger partial charge in [0, 0.05) is 6.04 Å². The normalized spacial score (nSPS) is 18.6. The van der Waals surface area contributed by atoms with Gasteiger partial charge in [0.15, 0.2) is 0 Å². The molecule has 1 aromatic rings. The SMILES string of the molecule is Cl.O=C(NC1CC1)c1ccc(C2CCNCC2)cc1OC(F)(F)F. The first-order valence-electron chi connectivity index (χ1n) is 7.83. The molecule has 24 heavy (non-hydrogen) atoms. The highest BCUT2D eigenvalue weighted by Crippen LogP contribution is 2.33. The van der Waals surface area contributed by atoms with Crippen LogP contribution in [0.3, 0.4) is 0 Å². The van der Waals surface area contributed by atoms with Crippen LogP contribution in [0.25, 0.3) is 0 Å². The predicted octanol–water partition coefficient (Wildman–Crippen LogP) is 3.37. The fourth-order valence-electron chi connectivity index (χ4n) is 2.84. The fraction of sp³-hybridized carbons (Fsp3) is 0.562. The molecule has 4 nitrogen and oxygen atoms in total. The summed E-state index contributed by atoms with van der Waals surface area (Å²) < 4.78 is 42.1. The van der Waals surface area contributed by atoms with Gasteiger partial charge >= 0.3 is 6.36 Å². The molecule has 8 heteroatoms. The van der Waals surface area contributed by atoms with E-state index in [0.717, 1.165) is 44.3 Å². The molecule has 0 aromatic heterocycles. The van der Waals surface area contributed by atoms with Crippen LogP contribution >= 0.6 is 12.4 Å². The second-order valence-electron chi connectivity index (χ2n) is 6.08. The minimum absolute atomic E-state index is 0. The Kier molecular flexibility index (Phi) is 5.98. The predicted molar refractivity (Wildman–Crippen MR) is 85.7 cm³/mol. The van der Waals surface area contributed by atoms with Gasteiger partial charge in [0.05, 0.1) is 5.56 Å². The van der Waals surface area contributed by atoms with Gasteiger partial charge in [0.25, 0.3) is 5.91 Å². The molecule has 1 saturated carbocycles. The maximum absolute atomic E-state index is 12.7. The van der Waals surface area contributed by atoms with E-state index >= 15 is 0 Å². The van der Waals surface area contributed by atoms with Crippen molar-refractivity contribution < 1.29 is 22.7 Å². The Morgan fingerprint density at radius 1 is 1.17 bits per heavy atom. The Morgan fingerprint density at radius 3 is 2.42 bits per heavy atom. The van der Waals surface area contributed by atoms with Crippen LogP contribution in [0, 0.1) is 0 Å². The summed E-state index contributed by atoms with van der Waals surface area (Å²) in [6.07, 6.45) is -1.36. The van der Waals surface area contributed by atoms with E-state index in [0.29, 0.717) is 0 Å². The summed E-state index contributed by atoms with van der Waals surface area (Å²) >= 11 is 0. The molecular weight excluding hydrogens is 345 g/mol. The number of halogens is 4. The molecule has 2 aliphatic rings. The van der Waals surface area contributed by atoms with E-state index in [1.54, 1.807) is 6.07 Å². The molecule has 0 atom stereocenters. The van der Waals surface area contributed by atoms with Gasteiger partial charge in [-0.25, -0.2) is 0 Å². The quantitative estimate of drug-likeness (QED) is 0.861. The second kappa shape index (κ2) is 7.61. The van der Waals surface area contributed by atoms with Crippen molar-refractivity contribution in [2.75, 3.05) is 13.1 Å². The Balaban J connectivity index is 0.00000208. The summed E-state index contributed by atoms with van der Waals surface area (Å²) in [5.41, 5.74) is 0.723. The lowest BCUT2D eigenvalue weighted by atomic mass is 9.89. The standard InChI is InChI=1S/C16H19F3N2O2.ClH/c17-16(18,19)23-14-9-11(10-5-7-20-8-6-10)1-4-13(14)15(22)21-12-2-3-12;/h1,4,9-10,12,20H,2-3,5-8H2,(H,21,22);1H. The zero-order valence-corrected chi connectivity index (χ0v) is 13.8. The summed E-state index contributed by atoms with van der Waals surface area (Å²) in [7, 11) is 0. The molecule has 2 fully saturated rings. The van der Waals surface area contributed by atoms with Crippen LogP contribution < -0.4 is 15.4 Å². The van der Waals surface area contributed by atoms with Gasteiger partial charge in [-0.1, -0.05) is 6.07 Å². The van der Waals surface area contributed by atoms with E-state index in [1.807, 2.05) is 0 Å². The number of rotatable bonds is 4. The Bertz CT molecular complexity index is 585. The van der Waals surface area contributed by atoms with Gasteiger partial charge < -0.3 is 15.4 Å². The number of piperidine rings is 1. The van der Waals surface area contributed by atoms with Gasteiger partial charge in [0.1, 0.15) is 5.75 Å². The van der Waals surface area contributed by atoms with Crippen molar-refractivity contribution in [2.45, 2.75) is 44.0 Å². The van der Waals surface area contributed by atoms with Gasteiger partial charge in [-0.05, 0) is 62.4 Å². The molecule has 1 aliphatic carbocycles. The summed E-state index contributed by atoms with van der Waals surface area (Å²) in [6, 6.07) is 4.62. The highest BCUT2D eigenvalue weighted by Gasteiger charge is 2.34. The van der Waals surface area contributed by atoms with E-state index in [9.17, 15) is 18.0 Å². The van der Waals surface area contributed by atoms with Crippen LogP contribution in [0.15, 0.2) is 18.2 Å². The number of hydrogen-bond acceptors (Lipinski definition) is 3. The molecule has 134 valence electrons. The van der Waals surface area contributed by atoms with Crippen LogP contribution in [0.5, 0.6) is 5.75 Å². The van der Waals surface area contributed by atoms with E-state index in [-0.39, 0.29) is 29.9 Å². The minimum Gasteiger partial charge on any atom is -0.405 e. The number of nitrogens with one attached hydrogen (secondary N) is 2. The lowest BCUT2D eigenvalue weighted by Gasteiger charge is -2.24. The van der Waals surface area contributed by atoms with Crippen molar-refractivity contribution in [2.24, 2.45) is 0 Å². The minimum atomic E-state index is -4.82. The third kappa shape index (κ3) is 5.01. The van der Waals surface area contributed by atoms with Crippen LogP contribution in [0.4, 0.5) is 13.2 Å². The average Bonchev–Trinajstić information content (AvgIpc) is 3.30. The molecule has 0 radical (unpaired) electrons. The number of amides is 1. The molecule has 0 bridgehead atoms. The molecule has 3 rings (SSSR count). The lowest BCUT2D eigenvalue weighted by molar-refractivity contribution is -0.274. The molecule has 1 saturated heterocycles. The van der Waals surface area contributed by atoms with E-state index in [1.165, 1.54) is 12.1 Å². The molecule has 0 spiro atoms. The maximum Gasteiger partial charge on any atom is 0.573 e. The largest absolute Gasteiger partial charge is 0.573 e. The van der Waals surface area contributed by atoms with Crippen molar-refractivity contribution in [3.8, 4) is 5.75 Å². The number of ether oxygens (including phenoxy) is 1. The smallest absolute Gasteiger partial charge is 0.405 e. The Labute approximate surface area is 144 Å². The zero-order valence-electron chi connectivity index (χ0n) is 13.0.